The molecule has 5 heteroatoms. The number of nitroso groups, excluding NO2 is 1. The van der Waals surface area contributed by atoms with Crippen LogP contribution in [0.2, 0.25) is 0 Å². The van der Waals surface area contributed by atoms with E-state index in [0.717, 1.165) is 27.8 Å². The van der Waals surface area contributed by atoms with E-state index in [9.17, 15) is 9.70 Å². The number of esters is 1. The monoisotopic (exact) mass is 436 g/mol. The van der Waals surface area contributed by atoms with Gasteiger partial charge in [0.25, 0.3) is 0 Å². The molecule has 1 heterocycles. The van der Waals surface area contributed by atoms with Gasteiger partial charge in [-0.05, 0) is 58.5 Å². The average molecular weight is 437 g/mol. The minimum absolute atomic E-state index is 0.00230. The fourth-order valence-corrected chi connectivity index (χ4v) is 4.05. The van der Waals surface area contributed by atoms with Crippen molar-refractivity contribution in [1.29, 1.82) is 0 Å². The van der Waals surface area contributed by atoms with Gasteiger partial charge >= 0.3 is 5.97 Å². The van der Waals surface area contributed by atoms with Crippen LogP contribution in [0.5, 0.6) is 0 Å². The molecule has 1 aromatic heterocycles. The number of carbonyl (C=O) groups is 1. The van der Waals surface area contributed by atoms with Gasteiger partial charge in [-0.15, -0.1) is 0 Å². The van der Waals surface area contributed by atoms with Crippen LogP contribution in [0.4, 0.5) is 0 Å². The Labute approximate surface area is 193 Å². The van der Waals surface area contributed by atoms with Crippen molar-refractivity contribution in [2.24, 2.45) is 5.18 Å². The molecule has 0 fully saturated rings. The summed E-state index contributed by atoms with van der Waals surface area (Å²) in [5.74, 6) is -0.362. The molecule has 0 aliphatic rings. The minimum atomic E-state index is -0.477. The first kappa shape index (κ1) is 22.1. The summed E-state index contributed by atoms with van der Waals surface area (Å²) >= 11 is 0. The number of nitrogens with zero attached hydrogens (tertiary/aromatic N) is 2. The van der Waals surface area contributed by atoms with Gasteiger partial charge in [-0.1, -0.05) is 71.9 Å². The smallest absolute Gasteiger partial charge is 0.337 e. The van der Waals surface area contributed by atoms with Crippen LogP contribution in [0.1, 0.15) is 45.4 Å². The lowest BCUT2D eigenvalue weighted by atomic mass is 9.84. The number of carbonyl (C=O) groups excluding carboxylic acids is 1. The van der Waals surface area contributed by atoms with Gasteiger partial charge in [0.05, 0.1) is 12.7 Å². The van der Waals surface area contributed by atoms with Gasteiger partial charge in [0.2, 0.25) is 0 Å². The molecule has 2 atom stereocenters. The molecule has 0 spiro atoms. The summed E-state index contributed by atoms with van der Waals surface area (Å²) in [5, 5.41) is 3.43. The number of rotatable bonds is 8. The fourth-order valence-electron chi connectivity index (χ4n) is 4.05. The number of pyridine rings is 1. The summed E-state index contributed by atoms with van der Waals surface area (Å²) in [6.07, 6.45) is 3.92. The van der Waals surface area contributed by atoms with Crippen LogP contribution < -0.4 is 0 Å². The summed E-state index contributed by atoms with van der Waals surface area (Å²) in [4.78, 5) is 27.7. The van der Waals surface area contributed by atoms with Crippen LogP contribution in [-0.2, 0) is 4.74 Å². The molecule has 0 N–H and O–H groups in total. The second-order valence-corrected chi connectivity index (χ2v) is 7.80. The normalized spacial score (nSPS) is 12.5. The van der Waals surface area contributed by atoms with Crippen LogP contribution in [0.3, 0.4) is 0 Å². The second kappa shape index (κ2) is 10.5. The Hall–Kier alpha value is -4.12. The quantitative estimate of drug-likeness (QED) is 0.231. The standard InChI is InChI=1S/C28H24N2O3/c1-33-28(31)25-9-5-8-24(18-25)20-10-12-22(13-11-20)26(21-6-3-2-4-7-21)19-27(30-32)23-14-16-29-17-15-23/h2-18,26-27H,19H2,1H3. The van der Waals surface area contributed by atoms with Crippen LogP contribution in [0, 0.1) is 4.91 Å². The van der Waals surface area contributed by atoms with Gasteiger partial charge in [0.15, 0.2) is 0 Å². The molecule has 0 saturated carbocycles. The molecule has 0 radical (unpaired) electrons. The average Bonchev–Trinajstić information content (AvgIpc) is 2.90. The molecule has 5 nitrogen and oxygen atoms in total. The lowest BCUT2D eigenvalue weighted by Gasteiger charge is -2.21. The fraction of sp³-hybridized carbons (Fsp3) is 0.143. The topological polar surface area (TPSA) is 68.6 Å². The SMILES string of the molecule is COC(=O)c1cccc(-c2ccc(C(CC(N=O)c3ccncc3)c3ccccc3)cc2)c1. The zero-order valence-corrected chi connectivity index (χ0v) is 18.3. The highest BCUT2D eigenvalue weighted by atomic mass is 16.5. The molecule has 0 aliphatic heterocycles. The van der Waals surface area contributed by atoms with Crippen LogP contribution in [0.25, 0.3) is 11.1 Å². The number of aromatic nitrogens is 1. The lowest BCUT2D eigenvalue weighted by molar-refractivity contribution is 0.0601. The van der Waals surface area contributed by atoms with Crippen molar-refractivity contribution in [3.8, 4) is 11.1 Å². The highest BCUT2D eigenvalue weighted by molar-refractivity contribution is 5.91. The summed E-state index contributed by atoms with van der Waals surface area (Å²) in [5.41, 5.74) is 5.52. The van der Waals surface area contributed by atoms with E-state index in [1.807, 2.05) is 60.7 Å². The third-order valence-corrected chi connectivity index (χ3v) is 5.81. The van der Waals surface area contributed by atoms with Crippen molar-refractivity contribution in [3.05, 3.63) is 131 Å². The van der Waals surface area contributed by atoms with Crippen molar-refractivity contribution < 1.29 is 9.53 Å². The predicted molar refractivity (Wildman–Crippen MR) is 129 cm³/mol. The zero-order chi connectivity index (χ0) is 23.0. The Morgan fingerprint density at radius 2 is 1.52 bits per heavy atom. The zero-order valence-electron chi connectivity index (χ0n) is 18.3. The first-order chi connectivity index (χ1) is 16.2. The van der Waals surface area contributed by atoms with Gasteiger partial charge in [0.1, 0.15) is 6.04 Å². The van der Waals surface area contributed by atoms with Crippen LogP contribution >= 0.6 is 0 Å². The molecule has 0 bridgehead atoms. The van der Waals surface area contributed by atoms with E-state index in [0.29, 0.717) is 12.0 Å². The van der Waals surface area contributed by atoms with Crippen molar-refractivity contribution >= 4 is 5.97 Å². The molecule has 4 rings (SSSR count). The molecule has 2 unspecified atom stereocenters. The van der Waals surface area contributed by atoms with E-state index >= 15 is 0 Å². The molecule has 0 saturated heterocycles. The third kappa shape index (κ3) is 5.21. The number of hydrogen-bond donors (Lipinski definition) is 0. The van der Waals surface area contributed by atoms with E-state index < -0.39 is 6.04 Å². The molecule has 3 aromatic carbocycles. The second-order valence-electron chi connectivity index (χ2n) is 7.80. The number of methoxy groups -OCH3 is 1. The summed E-state index contributed by atoms with van der Waals surface area (Å²) in [6, 6.07) is 28.9. The molecule has 0 amide bonds. The van der Waals surface area contributed by atoms with Gasteiger partial charge in [0, 0.05) is 18.3 Å². The van der Waals surface area contributed by atoms with E-state index in [1.54, 1.807) is 18.5 Å². The largest absolute Gasteiger partial charge is 0.465 e. The first-order valence-corrected chi connectivity index (χ1v) is 10.8. The van der Waals surface area contributed by atoms with Crippen molar-refractivity contribution in [3.63, 3.8) is 0 Å². The summed E-state index contributed by atoms with van der Waals surface area (Å²) in [7, 11) is 1.38. The summed E-state index contributed by atoms with van der Waals surface area (Å²) in [6.45, 7) is 0. The number of benzene rings is 3. The van der Waals surface area contributed by atoms with Crippen molar-refractivity contribution in [2.45, 2.75) is 18.4 Å². The third-order valence-electron chi connectivity index (χ3n) is 5.81. The van der Waals surface area contributed by atoms with Crippen LogP contribution in [0.15, 0.2) is 109 Å². The predicted octanol–water partition coefficient (Wildman–Crippen LogP) is 6.56. The van der Waals surface area contributed by atoms with Gasteiger partial charge in [-0.2, -0.15) is 4.91 Å². The highest BCUT2D eigenvalue weighted by Gasteiger charge is 2.22. The maximum absolute atomic E-state index is 11.9. The summed E-state index contributed by atoms with van der Waals surface area (Å²) < 4.78 is 4.83. The number of ether oxygens (including phenoxy) is 1. The Morgan fingerprint density at radius 1 is 0.818 bits per heavy atom. The van der Waals surface area contributed by atoms with Gasteiger partial charge in [-0.3, -0.25) is 4.98 Å². The van der Waals surface area contributed by atoms with Crippen molar-refractivity contribution in [1.82, 2.24) is 4.98 Å². The molecule has 0 aliphatic carbocycles. The Bertz CT molecular complexity index is 1210. The molecule has 33 heavy (non-hydrogen) atoms. The first-order valence-electron chi connectivity index (χ1n) is 10.8. The van der Waals surface area contributed by atoms with E-state index in [4.69, 9.17) is 4.74 Å². The highest BCUT2D eigenvalue weighted by Crippen LogP contribution is 2.36. The Kier molecular flexibility index (Phi) is 7.00. The molecular weight excluding hydrogens is 412 g/mol. The molecular formula is C28H24N2O3. The van der Waals surface area contributed by atoms with E-state index in [1.165, 1.54) is 7.11 Å². The Morgan fingerprint density at radius 3 is 2.18 bits per heavy atom. The van der Waals surface area contributed by atoms with E-state index in [2.05, 4.69) is 34.4 Å². The maximum Gasteiger partial charge on any atom is 0.337 e. The van der Waals surface area contributed by atoms with Gasteiger partial charge < -0.3 is 4.74 Å². The molecule has 164 valence electrons. The van der Waals surface area contributed by atoms with Gasteiger partial charge in [-0.25, -0.2) is 4.79 Å². The Balaban J connectivity index is 1.66. The lowest BCUT2D eigenvalue weighted by Crippen LogP contribution is -2.07. The minimum Gasteiger partial charge on any atom is -0.465 e. The van der Waals surface area contributed by atoms with Crippen molar-refractivity contribution in [2.75, 3.05) is 7.11 Å². The maximum atomic E-state index is 11.9. The molecule has 4 aromatic rings. The number of hydrogen-bond acceptors (Lipinski definition) is 5. The van der Waals surface area contributed by atoms with Crippen LogP contribution in [-0.4, -0.2) is 18.1 Å². The van der Waals surface area contributed by atoms with E-state index in [-0.39, 0.29) is 11.9 Å².